The van der Waals surface area contributed by atoms with Crippen molar-refractivity contribution in [2.75, 3.05) is 7.11 Å². The minimum Gasteiger partial charge on any atom is -0.497 e. The monoisotopic (exact) mass is 196 g/mol. The van der Waals surface area contributed by atoms with Crippen LogP contribution in [0.5, 0.6) is 5.75 Å². The molecule has 0 N–H and O–H groups in total. The van der Waals surface area contributed by atoms with E-state index in [4.69, 9.17) is 11.7 Å². The molecule has 0 aliphatic carbocycles. The quantitative estimate of drug-likeness (QED) is 0.715. The van der Waals surface area contributed by atoms with Crippen LogP contribution in [0, 0.1) is 6.92 Å². The molecule has 0 fully saturated rings. The second-order valence-corrected chi connectivity index (χ2v) is 3.32. The van der Waals surface area contributed by atoms with Crippen LogP contribution in [0.2, 0.25) is 0 Å². The summed E-state index contributed by atoms with van der Waals surface area (Å²) in [5.74, 6) is 0.855. The first-order valence-electron chi connectivity index (χ1n) is 4.80. The maximum atomic E-state index is 5.89. The van der Waals surface area contributed by atoms with E-state index < -0.39 is 0 Å². The van der Waals surface area contributed by atoms with Gasteiger partial charge in [0.2, 0.25) is 0 Å². The van der Waals surface area contributed by atoms with Gasteiger partial charge in [-0.2, -0.15) is 0 Å². The molecule has 2 aromatic rings. The highest BCUT2D eigenvalue weighted by Gasteiger charge is 2.00. The molecule has 0 aromatic heterocycles. The maximum absolute atomic E-state index is 5.89. The molecule has 2 aromatic carbocycles. The van der Waals surface area contributed by atoms with Gasteiger partial charge in [-0.05, 0) is 35.7 Å². The highest BCUT2D eigenvalue weighted by molar-refractivity contribution is 5.68. The van der Waals surface area contributed by atoms with E-state index in [1.165, 1.54) is 0 Å². The first-order chi connectivity index (χ1) is 7.31. The van der Waals surface area contributed by atoms with Gasteiger partial charge in [-0.25, -0.2) is 0 Å². The zero-order chi connectivity index (χ0) is 10.7. The molecule has 15 heavy (non-hydrogen) atoms. The Balaban J connectivity index is 2.42. The summed E-state index contributed by atoms with van der Waals surface area (Å²) in [6, 6.07) is 15.7. The molecule has 0 spiro atoms. The summed E-state index contributed by atoms with van der Waals surface area (Å²) in [4.78, 5) is 0. The Morgan fingerprint density at radius 2 is 1.60 bits per heavy atom. The van der Waals surface area contributed by atoms with Crippen molar-refractivity contribution in [2.45, 2.75) is 0 Å². The van der Waals surface area contributed by atoms with Gasteiger partial charge in [0.15, 0.2) is 0 Å². The second-order valence-electron chi connectivity index (χ2n) is 3.32. The molecule has 0 saturated carbocycles. The number of benzene rings is 2. The van der Waals surface area contributed by atoms with Crippen molar-refractivity contribution in [1.82, 2.24) is 0 Å². The molecule has 0 heterocycles. The van der Waals surface area contributed by atoms with Crippen LogP contribution in [0.25, 0.3) is 11.1 Å². The van der Waals surface area contributed by atoms with E-state index in [0.717, 1.165) is 22.4 Å². The highest BCUT2D eigenvalue weighted by Crippen LogP contribution is 2.24. The summed E-state index contributed by atoms with van der Waals surface area (Å²) in [7, 11) is 1.66. The average Bonchev–Trinajstić information content (AvgIpc) is 2.30. The Kier molecular flexibility index (Phi) is 2.72. The molecule has 0 bridgehead atoms. The number of rotatable bonds is 2. The zero-order valence-electron chi connectivity index (χ0n) is 8.60. The lowest BCUT2D eigenvalue weighted by molar-refractivity contribution is 0.415. The number of ether oxygens (including phenoxy) is 1. The molecule has 1 heteroatoms. The van der Waals surface area contributed by atoms with Crippen LogP contribution in [-0.2, 0) is 0 Å². The predicted molar refractivity (Wildman–Crippen MR) is 61.8 cm³/mol. The van der Waals surface area contributed by atoms with E-state index in [-0.39, 0.29) is 0 Å². The average molecular weight is 196 g/mol. The molecule has 2 radical (unpaired) electrons. The van der Waals surface area contributed by atoms with Crippen molar-refractivity contribution < 1.29 is 4.74 Å². The summed E-state index contributed by atoms with van der Waals surface area (Å²) in [5.41, 5.74) is 2.96. The van der Waals surface area contributed by atoms with Crippen molar-refractivity contribution in [3.05, 3.63) is 61.0 Å². The van der Waals surface area contributed by atoms with Crippen molar-refractivity contribution >= 4 is 0 Å². The van der Waals surface area contributed by atoms with Gasteiger partial charge in [-0.15, -0.1) is 0 Å². The normalized spacial score (nSPS) is 10.0. The smallest absolute Gasteiger partial charge is 0.118 e. The van der Waals surface area contributed by atoms with Crippen LogP contribution in [0.15, 0.2) is 48.5 Å². The lowest BCUT2D eigenvalue weighted by Crippen LogP contribution is -1.84. The van der Waals surface area contributed by atoms with Crippen molar-refractivity contribution in [2.24, 2.45) is 0 Å². The molecule has 0 unspecified atom stereocenters. The van der Waals surface area contributed by atoms with E-state index in [2.05, 4.69) is 0 Å². The first-order valence-corrected chi connectivity index (χ1v) is 4.80. The Morgan fingerprint density at radius 1 is 0.933 bits per heavy atom. The van der Waals surface area contributed by atoms with Crippen molar-refractivity contribution in [3.8, 4) is 16.9 Å². The molecule has 74 valence electrons. The summed E-state index contributed by atoms with van der Waals surface area (Å²) in [6.07, 6.45) is 0. The van der Waals surface area contributed by atoms with Gasteiger partial charge in [-0.3, -0.25) is 0 Å². The van der Waals surface area contributed by atoms with Crippen molar-refractivity contribution in [3.63, 3.8) is 0 Å². The molecule has 0 aliphatic rings. The van der Waals surface area contributed by atoms with Crippen LogP contribution >= 0.6 is 0 Å². The summed E-state index contributed by atoms with van der Waals surface area (Å²) < 4.78 is 5.10. The fraction of sp³-hybridized carbons (Fsp3) is 0.0714. The lowest BCUT2D eigenvalue weighted by Gasteiger charge is -2.06. The zero-order valence-corrected chi connectivity index (χ0v) is 8.60. The number of hydrogen-bond donors (Lipinski definition) is 0. The minimum absolute atomic E-state index is 0.794. The van der Waals surface area contributed by atoms with Gasteiger partial charge in [0.1, 0.15) is 5.75 Å². The number of methoxy groups -OCH3 is 1. The van der Waals surface area contributed by atoms with Gasteiger partial charge >= 0.3 is 0 Å². The summed E-state index contributed by atoms with van der Waals surface area (Å²) in [5, 5.41) is 0. The Bertz CT molecular complexity index is 443. The van der Waals surface area contributed by atoms with Gasteiger partial charge in [0.25, 0.3) is 0 Å². The molecule has 0 atom stereocenters. The van der Waals surface area contributed by atoms with Crippen LogP contribution in [0.3, 0.4) is 0 Å². The number of hydrogen-bond acceptors (Lipinski definition) is 1. The molecule has 0 amide bonds. The van der Waals surface area contributed by atoms with E-state index in [9.17, 15) is 0 Å². The van der Waals surface area contributed by atoms with Crippen LogP contribution < -0.4 is 4.74 Å². The molecular formula is C14H12O. The second kappa shape index (κ2) is 4.18. The van der Waals surface area contributed by atoms with E-state index in [0.29, 0.717) is 0 Å². The van der Waals surface area contributed by atoms with Gasteiger partial charge in [0, 0.05) is 0 Å². The third kappa shape index (κ3) is 2.01. The van der Waals surface area contributed by atoms with Gasteiger partial charge in [-0.1, -0.05) is 36.4 Å². The summed E-state index contributed by atoms with van der Waals surface area (Å²) >= 11 is 0. The molecule has 2 rings (SSSR count). The highest BCUT2D eigenvalue weighted by atomic mass is 16.5. The van der Waals surface area contributed by atoms with Crippen LogP contribution in [0.1, 0.15) is 5.56 Å². The summed E-state index contributed by atoms with van der Waals surface area (Å²) in [6.45, 7) is 5.89. The van der Waals surface area contributed by atoms with E-state index in [1.54, 1.807) is 7.11 Å². The fourth-order valence-corrected chi connectivity index (χ4v) is 1.53. The topological polar surface area (TPSA) is 9.23 Å². The minimum atomic E-state index is 0.794. The SMILES string of the molecule is [CH]c1ccccc1-c1ccc(OC)cc1. The van der Waals surface area contributed by atoms with Gasteiger partial charge in [0.05, 0.1) is 7.11 Å². The largest absolute Gasteiger partial charge is 0.497 e. The van der Waals surface area contributed by atoms with Gasteiger partial charge < -0.3 is 4.74 Å². The standard InChI is InChI=1S/C14H12O/c1-11-5-3-4-6-14(11)12-7-9-13(15-2)10-8-12/h1,3-10H,2H3. The fourth-order valence-electron chi connectivity index (χ4n) is 1.53. The maximum Gasteiger partial charge on any atom is 0.118 e. The Morgan fingerprint density at radius 3 is 2.20 bits per heavy atom. The molecular weight excluding hydrogens is 184 g/mol. The Labute approximate surface area is 90.3 Å². The van der Waals surface area contributed by atoms with Crippen LogP contribution in [0.4, 0.5) is 0 Å². The third-order valence-corrected chi connectivity index (χ3v) is 2.36. The van der Waals surface area contributed by atoms with E-state index in [1.807, 2.05) is 48.5 Å². The lowest BCUT2D eigenvalue weighted by atomic mass is 10.0. The third-order valence-electron chi connectivity index (χ3n) is 2.36. The van der Waals surface area contributed by atoms with Crippen LogP contribution in [-0.4, -0.2) is 7.11 Å². The molecule has 1 nitrogen and oxygen atoms in total. The molecule has 0 saturated heterocycles. The molecule has 0 aliphatic heterocycles. The van der Waals surface area contributed by atoms with Crippen molar-refractivity contribution in [1.29, 1.82) is 0 Å². The Hall–Kier alpha value is -1.76. The van der Waals surface area contributed by atoms with E-state index >= 15 is 0 Å². The predicted octanol–water partition coefficient (Wildman–Crippen LogP) is 3.42. The first kappa shape index (κ1) is 9.78.